The number of halogens is 3. The average Bonchev–Trinajstić information content (AvgIpc) is 3.33. The summed E-state index contributed by atoms with van der Waals surface area (Å²) >= 11 is 0. The molecular formula is C26H27F3N4O5. The van der Waals surface area contributed by atoms with E-state index < -0.39 is 11.3 Å². The number of imidazole rings is 1. The Morgan fingerprint density at radius 1 is 1.00 bits per heavy atom. The molecule has 2 aliphatic heterocycles. The first-order valence-corrected chi connectivity index (χ1v) is 12.4. The van der Waals surface area contributed by atoms with E-state index in [2.05, 4.69) is 14.6 Å². The second-order valence-corrected chi connectivity index (χ2v) is 9.49. The maximum absolute atomic E-state index is 12.3. The van der Waals surface area contributed by atoms with Gasteiger partial charge in [-0.15, -0.1) is 13.2 Å². The molecule has 0 bridgehead atoms. The van der Waals surface area contributed by atoms with Crippen molar-refractivity contribution >= 4 is 11.5 Å². The third kappa shape index (κ3) is 6.48. The van der Waals surface area contributed by atoms with Crippen LogP contribution in [0.15, 0.2) is 54.7 Å². The number of rotatable bonds is 8. The fraction of sp³-hybridized carbons (Fsp3) is 0.423. The highest BCUT2D eigenvalue weighted by atomic mass is 19.4. The number of aromatic nitrogens is 2. The molecule has 0 radical (unpaired) electrons. The minimum absolute atomic E-state index is 0.201. The normalized spacial score (nSPS) is 18.0. The molecule has 3 aromatic rings. The summed E-state index contributed by atoms with van der Waals surface area (Å²) in [6, 6.07) is 14.2. The van der Waals surface area contributed by atoms with Crippen LogP contribution in [0.5, 0.6) is 17.5 Å². The van der Waals surface area contributed by atoms with Gasteiger partial charge in [-0.25, -0.2) is 0 Å². The van der Waals surface area contributed by atoms with E-state index in [1.807, 2.05) is 24.3 Å². The molecule has 0 unspecified atom stereocenters. The number of alkyl halides is 3. The van der Waals surface area contributed by atoms with Gasteiger partial charge in [0, 0.05) is 36.7 Å². The second kappa shape index (κ2) is 10.8. The molecule has 0 saturated carbocycles. The Morgan fingerprint density at radius 3 is 2.34 bits per heavy atom. The minimum Gasteiger partial charge on any atom is -0.490 e. The van der Waals surface area contributed by atoms with E-state index in [0.29, 0.717) is 31.2 Å². The van der Waals surface area contributed by atoms with Crippen molar-refractivity contribution in [2.24, 2.45) is 5.92 Å². The van der Waals surface area contributed by atoms with Crippen molar-refractivity contribution in [3.8, 4) is 17.5 Å². The summed E-state index contributed by atoms with van der Waals surface area (Å²) in [6.07, 6.45) is -0.0687. The number of hydrogen-bond donors (Lipinski definition) is 0. The van der Waals surface area contributed by atoms with E-state index in [4.69, 9.17) is 9.47 Å². The molecule has 2 aliphatic rings. The van der Waals surface area contributed by atoms with Crippen molar-refractivity contribution in [1.29, 1.82) is 0 Å². The zero-order chi connectivity index (χ0) is 26.7. The molecule has 202 valence electrons. The van der Waals surface area contributed by atoms with Crippen LogP contribution in [0.1, 0.15) is 24.8 Å². The quantitative estimate of drug-likeness (QED) is 0.284. The molecule has 3 heterocycles. The molecule has 38 heavy (non-hydrogen) atoms. The van der Waals surface area contributed by atoms with Crippen LogP contribution < -0.4 is 19.1 Å². The van der Waals surface area contributed by atoms with Crippen molar-refractivity contribution in [3.63, 3.8) is 0 Å². The molecule has 1 saturated heterocycles. The lowest BCUT2D eigenvalue weighted by Gasteiger charge is -2.34. The third-order valence-corrected chi connectivity index (χ3v) is 6.81. The third-order valence-electron chi connectivity index (χ3n) is 6.81. The Bertz CT molecular complexity index is 1240. The molecule has 0 amide bonds. The van der Waals surface area contributed by atoms with Gasteiger partial charge in [0.1, 0.15) is 30.4 Å². The summed E-state index contributed by atoms with van der Waals surface area (Å²) in [7, 11) is 0. The molecule has 12 heteroatoms. The summed E-state index contributed by atoms with van der Waals surface area (Å²) in [4.78, 5) is 16.6. The molecule has 0 aliphatic carbocycles. The fourth-order valence-electron chi connectivity index (χ4n) is 4.83. The highest BCUT2D eigenvalue weighted by Crippen LogP contribution is 2.29. The predicted molar refractivity (Wildman–Crippen MR) is 132 cm³/mol. The molecule has 1 atom stereocenters. The number of aryl methyl sites for hydroxylation is 1. The van der Waals surface area contributed by atoms with Gasteiger partial charge in [-0.05, 0) is 72.1 Å². The molecule has 0 spiro atoms. The standard InChI is InChI=1S/C26H27F3N4O5/c27-26(28,29)38-22-5-1-18(2-6-22)15-19-9-12-31(13-10-19)20-3-7-21(8-4-20)36-17-23-11-14-32-16-24(33(34)35)30-25(32)37-23/h1-8,16,19,23H,9-15,17H2/t23-/m0/s1. The molecule has 5 rings (SSSR count). The lowest BCUT2D eigenvalue weighted by Crippen LogP contribution is -2.34. The molecule has 0 N–H and O–H groups in total. The van der Waals surface area contributed by atoms with E-state index >= 15 is 0 Å². The van der Waals surface area contributed by atoms with Crippen LogP contribution >= 0.6 is 0 Å². The first-order chi connectivity index (χ1) is 18.2. The van der Waals surface area contributed by atoms with Gasteiger partial charge < -0.3 is 29.2 Å². The topological polar surface area (TPSA) is 91.9 Å². The summed E-state index contributed by atoms with van der Waals surface area (Å²) in [6.45, 7) is 2.69. The number of hydrogen-bond acceptors (Lipinski definition) is 7. The summed E-state index contributed by atoms with van der Waals surface area (Å²) in [5.74, 6) is 0.754. The number of nitrogens with zero attached hydrogens (tertiary/aromatic N) is 4. The van der Waals surface area contributed by atoms with E-state index in [9.17, 15) is 23.3 Å². The van der Waals surface area contributed by atoms with E-state index in [-0.39, 0.29) is 23.7 Å². The van der Waals surface area contributed by atoms with Crippen LogP contribution in [0.2, 0.25) is 0 Å². The van der Waals surface area contributed by atoms with Crippen LogP contribution in [0.4, 0.5) is 24.7 Å². The Kier molecular flexibility index (Phi) is 7.30. The molecule has 1 aromatic heterocycles. The Hall–Kier alpha value is -3.96. The lowest BCUT2D eigenvalue weighted by atomic mass is 9.90. The van der Waals surface area contributed by atoms with E-state index in [1.54, 1.807) is 16.7 Å². The van der Waals surface area contributed by atoms with Gasteiger partial charge in [0.25, 0.3) is 0 Å². The molecular weight excluding hydrogens is 505 g/mol. The SMILES string of the molecule is O=[N+]([O-])c1cn2c(n1)O[C@H](COc1ccc(N3CCC(Cc4ccc(OC(F)(F)F)cc4)CC3)cc1)CC2. The Morgan fingerprint density at radius 2 is 1.68 bits per heavy atom. The maximum atomic E-state index is 12.3. The van der Waals surface area contributed by atoms with Crippen LogP contribution in [-0.2, 0) is 13.0 Å². The van der Waals surface area contributed by atoms with Crippen molar-refractivity contribution in [2.75, 3.05) is 24.6 Å². The van der Waals surface area contributed by atoms with Crippen molar-refractivity contribution in [1.82, 2.24) is 9.55 Å². The number of piperidine rings is 1. The monoisotopic (exact) mass is 532 g/mol. The largest absolute Gasteiger partial charge is 0.573 e. The minimum atomic E-state index is -4.68. The molecule has 2 aromatic carbocycles. The maximum Gasteiger partial charge on any atom is 0.573 e. The van der Waals surface area contributed by atoms with Gasteiger partial charge in [-0.2, -0.15) is 0 Å². The van der Waals surface area contributed by atoms with Crippen LogP contribution in [0.25, 0.3) is 0 Å². The Balaban J connectivity index is 1.06. The molecule has 9 nitrogen and oxygen atoms in total. The number of fused-ring (bicyclic) bond motifs is 1. The van der Waals surface area contributed by atoms with Gasteiger partial charge in [0.15, 0.2) is 0 Å². The summed E-state index contributed by atoms with van der Waals surface area (Å²) in [5.41, 5.74) is 2.11. The average molecular weight is 533 g/mol. The first kappa shape index (κ1) is 25.7. The Labute approximate surface area is 216 Å². The fourth-order valence-corrected chi connectivity index (χ4v) is 4.83. The van der Waals surface area contributed by atoms with Gasteiger partial charge in [-0.1, -0.05) is 12.1 Å². The van der Waals surface area contributed by atoms with E-state index in [1.165, 1.54) is 18.3 Å². The number of benzene rings is 2. The van der Waals surface area contributed by atoms with Crippen molar-refractivity contribution < 1.29 is 32.3 Å². The van der Waals surface area contributed by atoms with Gasteiger partial charge >= 0.3 is 18.2 Å². The first-order valence-electron chi connectivity index (χ1n) is 12.4. The van der Waals surface area contributed by atoms with Crippen molar-refractivity contribution in [2.45, 2.75) is 44.7 Å². The highest BCUT2D eigenvalue weighted by Gasteiger charge is 2.31. The molecule has 1 fully saturated rings. The smallest absolute Gasteiger partial charge is 0.490 e. The lowest BCUT2D eigenvalue weighted by molar-refractivity contribution is -0.389. The van der Waals surface area contributed by atoms with Crippen molar-refractivity contribution in [3.05, 3.63) is 70.4 Å². The number of ether oxygens (including phenoxy) is 3. The van der Waals surface area contributed by atoms with Gasteiger partial charge in [0.2, 0.25) is 0 Å². The highest BCUT2D eigenvalue weighted by molar-refractivity contribution is 5.49. The van der Waals surface area contributed by atoms with Crippen LogP contribution in [0.3, 0.4) is 0 Å². The number of nitro groups is 1. The zero-order valence-electron chi connectivity index (χ0n) is 20.5. The second-order valence-electron chi connectivity index (χ2n) is 9.49. The zero-order valence-corrected chi connectivity index (χ0v) is 20.5. The van der Waals surface area contributed by atoms with Crippen LogP contribution in [0, 0.1) is 16.0 Å². The van der Waals surface area contributed by atoms with Crippen LogP contribution in [-0.4, -0.2) is 46.6 Å². The van der Waals surface area contributed by atoms with Gasteiger partial charge in [0.05, 0.1) is 0 Å². The number of anilines is 1. The summed E-state index contributed by atoms with van der Waals surface area (Å²) in [5, 5.41) is 10.9. The summed E-state index contributed by atoms with van der Waals surface area (Å²) < 4.78 is 54.2. The van der Waals surface area contributed by atoms with Gasteiger partial charge in [-0.3, -0.25) is 4.57 Å². The predicted octanol–water partition coefficient (Wildman–Crippen LogP) is 5.38. The van der Waals surface area contributed by atoms with E-state index in [0.717, 1.165) is 43.6 Å².